The first-order chi connectivity index (χ1) is 9.97. The van der Waals surface area contributed by atoms with Crippen molar-refractivity contribution in [3.05, 3.63) is 23.8 Å². The molecule has 0 spiro atoms. The summed E-state index contributed by atoms with van der Waals surface area (Å²) < 4.78 is 0. The van der Waals surface area contributed by atoms with Crippen LogP contribution in [0.1, 0.15) is 38.2 Å². The van der Waals surface area contributed by atoms with Gasteiger partial charge in [0.2, 0.25) is 5.91 Å². The zero-order chi connectivity index (χ0) is 15.4. The van der Waals surface area contributed by atoms with E-state index in [-0.39, 0.29) is 5.91 Å². The number of nitrogens with two attached hydrogens (primary N) is 1. The molecule has 0 radical (unpaired) electrons. The Hall–Kier alpha value is -1.16. The number of amides is 1. The predicted molar refractivity (Wildman–Crippen MR) is 90.5 cm³/mol. The maximum atomic E-state index is 12.4. The molecule has 0 atom stereocenters. The highest BCUT2D eigenvalue weighted by Crippen LogP contribution is 2.29. The van der Waals surface area contributed by atoms with Crippen molar-refractivity contribution in [2.75, 3.05) is 18.5 Å². The van der Waals surface area contributed by atoms with E-state index in [4.69, 9.17) is 5.73 Å². The summed E-state index contributed by atoms with van der Waals surface area (Å²) in [5, 5.41) is 0. The van der Waals surface area contributed by atoms with Gasteiger partial charge >= 0.3 is 0 Å². The molecular formula is C17H26N2OS. The largest absolute Gasteiger partial charge is 0.398 e. The predicted octanol–water partition coefficient (Wildman–Crippen LogP) is 3.71. The van der Waals surface area contributed by atoms with Crippen molar-refractivity contribution >= 4 is 23.4 Å². The van der Waals surface area contributed by atoms with Gasteiger partial charge in [-0.05, 0) is 56.2 Å². The molecular weight excluding hydrogens is 280 g/mol. The van der Waals surface area contributed by atoms with Crippen molar-refractivity contribution < 1.29 is 4.79 Å². The number of hydrogen-bond donors (Lipinski definition) is 1. The smallest absolute Gasteiger partial charge is 0.232 e. The average molecular weight is 306 g/mol. The van der Waals surface area contributed by atoms with Crippen molar-refractivity contribution in [2.45, 2.75) is 50.5 Å². The van der Waals surface area contributed by atoms with E-state index >= 15 is 0 Å². The fraction of sp³-hybridized carbons (Fsp3) is 0.588. The van der Waals surface area contributed by atoms with Gasteiger partial charge in [0.1, 0.15) is 0 Å². The molecule has 1 saturated carbocycles. The third kappa shape index (κ3) is 4.40. The number of hydrogen-bond acceptors (Lipinski definition) is 3. The van der Waals surface area contributed by atoms with Crippen LogP contribution < -0.4 is 5.73 Å². The number of thioether (sulfide) groups is 1. The lowest BCUT2D eigenvalue weighted by atomic mass is 9.87. The Morgan fingerprint density at radius 2 is 2.00 bits per heavy atom. The summed E-state index contributed by atoms with van der Waals surface area (Å²) in [6.07, 6.45) is 4.75. The highest BCUT2D eigenvalue weighted by atomic mass is 32.2. The minimum atomic E-state index is 0.209. The fourth-order valence-electron chi connectivity index (χ4n) is 2.84. The molecule has 1 aromatic carbocycles. The molecule has 0 bridgehead atoms. The van der Waals surface area contributed by atoms with Gasteiger partial charge in [0.15, 0.2) is 0 Å². The van der Waals surface area contributed by atoms with Gasteiger partial charge in [-0.25, -0.2) is 0 Å². The molecule has 1 aliphatic carbocycles. The molecule has 2 rings (SSSR count). The van der Waals surface area contributed by atoms with E-state index < -0.39 is 0 Å². The second kappa shape index (κ2) is 7.21. The third-order valence-corrected chi connectivity index (χ3v) is 5.50. The Kier molecular flexibility index (Phi) is 5.57. The number of benzene rings is 1. The Labute approximate surface area is 132 Å². The molecule has 0 aliphatic heterocycles. The number of carbonyl (C=O) groups is 1. The second-order valence-electron chi connectivity index (χ2n) is 6.25. The normalized spacial score (nSPS) is 22.0. The monoisotopic (exact) mass is 306 g/mol. The first-order valence-electron chi connectivity index (χ1n) is 7.72. The molecule has 1 amide bonds. The average Bonchev–Trinajstić information content (AvgIpc) is 2.48. The van der Waals surface area contributed by atoms with E-state index in [1.54, 1.807) is 11.8 Å². The Balaban J connectivity index is 1.87. The molecule has 116 valence electrons. The number of aryl methyl sites for hydroxylation is 1. The topological polar surface area (TPSA) is 46.3 Å². The summed E-state index contributed by atoms with van der Waals surface area (Å²) in [6, 6.07) is 6.38. The number of nitrogens with zero attached hydrogens (tertiary/aromatic N) is 1. The number of carbonyl (C=O) groups excluding carboxylic acids is 1. The molecule has 21 heavy (non-hydrogen) atoms. The zero-order valence-electron chi connectivity index (χ0n) is 13.3. The van der Waals surface area contributed by atoms with Crippen LogP contribution in [0.25, 0.3) is 0 Å². The molecule has 0 aromatic heterocycles. The molecule has 1 fully saturated rings. The second-order valence-corrected chi connectivity index (χ2v) is 7.27. The number of nitrogen functional groups attached to an aromatic ring is 1. The minimum absolute atomic E-state index is 0.209. The molecule has 0 heterocycles. The summed E-state index contributed by atoms with van der Waals surface area (Å²) in [5.74, 6) is 1.49. The maximum absolute atomic E-state index is 12.4. The van der Waals surface area contributed by atoms with Crippen molar-refractivity contribution in [2.24, 2.45) is 5.92 Å². The van der Waals surface area contributed by atoms with Crippen LogP contribution >= 0.6 is 11.8 Å². The van der Waals surface area contributed by atoms with Crippen molar-refractivity contribution in [3.8, 4) is 0 Å². The van der Waals surface area contributed by atoms with Crippen LogP contribution in [-0.2, 0) is 4.79 Å². The summed E-state index contributed by atoms with van der Waals surface area (Å²) in [5.41, 5.74) is 7.90. The van der Waals surface area contributed by atoms with Crippen LogP contribution in [-0.4, -0.2) is 29.6 Å². The molecule has 1 aliphatic rings. The fourth-order valence-corrected chi connectivity index (χ4v) is 3.83. The van der Waals surface area contributed by atoms with Crippen LogP contribution in [0.15, 0.2) is 23.1 Å². The highest BCUT2D eigenvalue weighted by molar-refractivity contribution is 8.00. The van der Waals surface area contributed by atoms with Gasteiger partial charge in [-0.1, -0.05) is 13.0 Å². The molecule has 1 aromatic rings. The van der Waals surface area contributed by atoms with Gasteiger partial charge in [0.25, 0.3) is 0 Å². The molecule has 3 nitrogen and oxygen atoms in total. The van der Waals surface area contributed by atoms with Crippen molar-refractivity contribution in [1.82, 2.24) is 4.90 Å². The summed E-state index contributed by atoms with van der Waals surface area (Å²) in [6.45, 7) is 4.34. The quantitative estimate of drug-likeness (QED) is 0.681. The van der Waals surface area contributed by atoms with E-state index in [0.29, 0.717) is 11.8 Å². The summed E-state index contributed by atoms with van der Waals surface area (Å²) in [7, 11) is 1.95. The molecule has 0 saturated heterocycles. The Morgan fingerprint density at radius 1 is 1.33 bits per heavy atom. The molecule has 0 unspecified atom stereocenters. The van der Waals surface area contributed by atoms with Gasteiger partial charge in [0, 0.05) is 23.7 Å². The molecule has 2 N–H and O–H groups in total. The first kappa shape index (κ1) is 16.2. The third-order valence-electron chi connectivity index (χ3n) is 4.45. The molecule has 4 heteroatoms. The minimum Gasteiger partial charge on any atom is -0.398 e. The lowest BCUT2D eigenvalue weighted by molar-refractivity contribution is -0.129. The van der Waals surface area contributed by atoms with Crippen molar-refractivity contribution in [3.63, 3.8) is 0 Å². The SMILES string of the molecule is Cc1ccc(N)c(SCC(=O)N(C)C2CCC(C)CC2)c1. The van der Waals surface area contributed by atoms with Gasteiger partial charge in [0.05, 0.1) is 5.75 Å². The first-order valence-corrected chi connectivity index (χ1v) is 8.70. The van der Waals surface area contributed by atoms with Gasteiger partial charge < -0.3 is 10.6 Å². The zero-order valence-corrected chi connectivity index (χ0v) is 14.1. The van der Waals surface area contributed by atoms with Gasteiger partial charge in [-0.2, -0.15) is 0 Å². The van der Waals surface area contributed by atoms with E-state index in [1.165, 1.54) is 18.4 Å². The number of anilines is 1. The van der Waals surface area contributed by atoms with Crippen LogP contribution in [0.4, 0.5) is 5.69 Å². The Bertz CT molecular complexity index is 496. The van der Waals surface area contributed by atoms with Crippen LogP contribution in [0.5, 0.6) is 0 Å². The van der Waals surface area contributed by atoms with E-state index in [1.807, 2.05) is 31.0 Å². The maximum Gasteiger partial charge on any atom is 0.232 e. The van der Waals surface area contributed by atoms with E-state index in [9.17, 15) is 4.79 Å². The summed E-state index contributed by atoms with van der Waals surface area (Å²) in [4.78, 5) is 15.3. The highest BCUT2D eigenvalue weighted by Gasteiger charge is 2.24. The van der Waals surface area contributed by atoms with Gasteiger partial charge in [-0.3, -0.25) is 4.79 Å². The van der Waals surface area contributed by atoms with Crippen LogP contribution in [0, 0.1) is 12.8 Å². The standard InChI is InChI=1S/C17H26N2OS/c1-12-4-7-14(8-5-12)19(3)17(20)11-21-16-10-13(2)6-9-15(16)18/h6,9-10,12,14H,4-5,7-8,11,18H2,1-3H3. The van der Waals surface area contributed by atoms with Gasteiger partial charge in [-0.15, -0.1) is 11.8 Å². The van der Waals surface area contributed by atoms with Crippen molar-refractivity contribution in [1.29, 1.82) is 0 Å². The van der Waals surface area contributed by atoms with Crippen LogP contribution in [0.2, 0.25) is 0 Å². The number of rotatable bonds is 4. The van der Waals surface area contributed by atoms with E-state index in [2.05, 4.69) is 13.0 Å². The Morgan fingerprint density at radius 3 is 2.67 bits per heavy atom. The van der Waals surface area contributed by atoms with Crippen LogP contribution in [0.3, 0.4) is 0 Å². The summed E-state index contributed by atoms with van der Waals surface area (Å²) >= 11 is 1.55. The lowest BCUT2D eigenvalue weighted by Gasteiger charge is -2.33. The lowest BCUT2D eigenvalue weighted by Crippen LogP contribution is -2.40. The van der Waals surface area contributed by atoms with E-state index in [0.717, 1.165) is 29.3 Å².